The van der Waals surface area contributed by atoms with E-state index in [-0.39, 0.29) is 11.4 Å². The van der Waals surface area contributed by atoms with Crippen LogP contribution in [0.1, 0.15) is 10.4 Å². The number of urea groups is 1. The highest BCUT2D eigenvalue weighted by Crippen LogP contribution is 2.19. The topological polar surface area (TPSA) is 136 Å². The maximum absolute atomic E-state index is 12.2. The van der Waals surface area contributed by atoms with E-state index in [1.54, 1.807) is 28.9 Å². The maximum Gasteiger partial charge on any atom is 0.337 e. The number of hydrogen-bond acceptors (Lipinski definition) is 7. The smallest absolute Gasteiger partial charge is 0.337 e. The van der Waals surface area contributed by atoms with Gasteiger partial charge in [0.15, 0.2) is 0 Å². The second-order valence-electron chi connectivity index (χ2n) is 6.70. The number of methoxy groups -OCH3 is 1. The van der Waals surface area contributed by atoms with Gasteiger partial charge in [-0.3, -0.25) is 0 Å². The molecule has 2 aromatic carbocycles. The van der Waals surface area contributed by atoms with Crippen molar-refractivity contribution in [2.45, 2.75) is 11.4 Å². The molecule has 2 amide bonds. The Morgan fingerprint density at radius 2 is 1.94 bits per heavy atom. The quantitative estimate of drug-likeness (QED) is 0.522. The third-order valence-corrected chi connectivity index (χ3v) is 6.23. The number of carbonyl (C=O) groups excluding carboxylic acids is 2. The van der Waals surface area contributed by atoms with Crippen molar-refractivity contribution in [3.63, 3.8) is 0 Å². The molecular weight excluding hydrogens is 424 g/mol. The molecule has 0 fully saturated rings. The Morgan fingerprint density at radius 1 is 1.16 bits per heavy atom. The molecule has 1 heterocycles. The van der Waals surface area contributed by atoms with Crippen molar-refractivity contribution in [2.75, 3.05) is 33.1 Å². The zero-order valence-electron chi connectivity index (χ0n) is 17.2. The van der Waals surface area contributed by atoms with Crippen LogP contribution < -0.4 is 10.6 Å². The summed E-state index contributed by atoms with van der Waals surface area (Å²) in [6, 6.07) is 10.5. The molecule has 0 aliphatic heterocycles. The third-order valence-electron chi connectivity index (χ3n) is 4.41. The number of esters is 1. The lowest BCUT2D eigenvalue weighted by Crippen LogP contribution is -2.31. The van der Waals surface area contributed by atoms with Crippen molar-refractivity contribution in [3.05, 3.63) is 48.0 Å². The number of carbonyl (C=O) groups is 2. The Bertz CT molecular complexity index is 1220. The van der Waals surface area contributed by atoms with Gasteiger partial charge in [-0.25, -0.2) is 27.0 Å². The normalized spacial score (nSPS) is 11.5. The van der Waals surface area contributed by atoms with Gasteiger partial charge >= 0.3 is 12.0 Å². The van der Waals surface area contributed by atoms with Crippen molar-refractivity contribution in [1.82, 2.24) is 24.6 Å². The molecule has 0 bridgehead atoms. The third kappa shape index (κ3) is 4.98. The molecule has 0 atom stereocenters. The minimum absolute atomic E-state index is 0.128. The van der Waals surface area contributed by atoms with Crippen LogP contribution in [0.15, 0.2) is 47.4 Å². The van der Waals surface area contributed by atoms with Gasteiger partial charge in [0, 0.05) is 26.3 Å². The van der Waals surface area contributed by atoms with Crippen LogP contribution in [0, 0.1) is 0 Å². The fourth-order valence-corrected chi connectivity index (χ4v) is 3.70. The lowest BCUT2D eigenvalue weighted by molar-refractivity contribution is 0.0600. The zero-order valence-corrected chi connectivity index (χ0v) is 18.0. The summed E-state index contributed by atoms with van der Waals surface area (Å²) >= 11 is 0. The number of amides is 2. The van der Waals surface area contributed by atoms with E-state index in [2.05, 4.69) is 25.7 Å². The molecule has 0 aliphatic rings. The summed E-state index contributed by atoms with van der Waals surface area (Å²) in [5.74, 6) is -0.497. The van der Waals surface area contributed by atoms with Gasteiger partial charge in [0.1, 0.15) is 5.52 Å². The Morgan fingerprint density at radius 3 is 2.65 bits per heavy atom. The number of nitrogens with one attached hydrogen (secondary N) is 2. The summed E-state index contributed by atoms with van der Waals surface area (Å²) < 4.78 is 31.8. The number of ether oxygens (including phenoxy) is 1. The molecule has 2 N–H and O–H groups in total. The van der Waals surface area contributed by atoms with Gasteiger partial charge in [-0.1, -0.05) is 11.3 Å². The van der Waals surface area contributed by atoms with Gasteiger partial charge in [-0.2, -0.15) is 0 Å². The molecule has 3 rings (SSSR count). The lowest BCUT2D eigenvalue weighted by atomic mass is 10.2. The summed E-state index contributed by atoms with van der Waals surface area (Å²) in [5.41, 5.74) is 1.85. The second kappa shape index (κ2) is 9.10. The van der Waals surface area contributed by atoms with E-state index >= 15 is 0 Å². The van der Waals surface area contributed by atoms with Crippen LogP contribution >= 0.6 is 0 Å². The number of anilines is 1. The molecule has 11 nitrogen and oxygen atoms in total. The predicted molar refractivity (Wildman–Crippen MR) is 113 cm³/mol. The fourth-order valence-electron chi connectivity index (χ4n) is 2.78. The van der Waals surface area contributed by atoms with Gasteiger partial charge in [0.25, 0.3) is 0 Å². The molecule has 164 valence electrons. The van der Waals surface area contributed by atoms with Crippen molar-refractivity contribution in [2.24, 2.45) is 0 Å². The molecule has 1 aromatic heterocycles. The van der Waals surface area contributed by atoms with Crippen LogP contribution in [0.3, 0.4) is 0 Å². The number of hydrogen-bond donors (Lipinski definition) is 2. The fraction of sp³-hybridized carbons (Fsp3) is 0.263. The van der Waals surface area contributed by atoms with Crippen molar-refractivity contribution in [1.29, 1.82) is 0 Å². The van der Waals surface area contributed by atoms with Crippen molar-refractivity contribution in [3.8, 4) is 0 Å². The first kappa shape index (κ1) is 22.2. The summed E-state index contributed by atoms with van der Waals surface area (Å²) in [6.45, 7) is 0.574. The van der Waals surface area contributed by atoms with Gasteiger partial charge in [0.2, 0.25) is 10.0 Å². The average molecular weight is 446 g/mol. The minimum Gasteiger partial charge on any atom is -0.465 e. The first-order valence-corrected chi connectivity index (χ1v) is 10.7. The predicted octanol–water partition coefficient (Wildman–Crippen LogP) is 1.29. The summed E-state index contributed by atoms with van der Waals surface area (Å²) in [7, 11) is 0.632. The van der Waals surface area contributed by atoms with E-state index in [9.17, 15) is 18.0 Å². The monoisotopic (exact) mass is 446 g/mol. The highest BCUT2D eigenvalue weighted by Gasteiger charge is 2.18. The molecule has 0 unspecified atom stereocenters. The van der Waals surface area contributed by atoms with Crippen LogP contribution in [0.25, 0.3) is 11.0 Å². The van der Waals surface area contributed by atoms with E-state index in [4.69, 9.17) is 0 Å². The summed E-state index contributed by atoms with van der Waals surface area (Å²) in [5, 5.41) is 13.4. The molecule has 31 heavy (non-hydrogen) atoms. The molecule has 0 saturated heterocycles. The number of nitrogens with zero attached hydrogens (tertiary/aromatic N) is 4. The summed E-state index contributed by atoms with van der Waals surface area (Å²) in [4.78, 5) is 23.8. The van der Waals surface area contributed by atoms with Crippen LogP contribution in [-0.4, -0.2) is 67.5 Å². The Balaban J connectivity index is 1.60. The molecule has 0 spiro atoms. The van der Waals surface area contributed by atoms with Crippen LogP contribution in [-0.2, 0) is 21.3 Å². The van der Waals surface area contributed by atoms with Gasteiger partial charge in [-0.15, -0.1) is 5.10 Å². The standard InChI is InChI=1S/C19H22N6O5S/c1-24(2)31(28,29)15-7-8-17-16(12-15)22-23-25(17)10-9-20-19(27)21-14-6-4-5-13(11-14)18(26)30-3/h4-8,11-12H,9-10H2,1-3H3,(H2,20,21,27). The van der Waals surface area contributed by atoms with Crippen molar-refractivity contribution >= 4 is 38.7 Å². The maximum atomic E-state index is 12.2. The largest absolute Gasteiger partial charge is 0.465 e. The number of fused-ring (bicyclic) bond motifs is 1. The zero-order chi connectivity index (χ0) is 22.6. The second-order valence-corrected chi connectivity index (χ2v) is 8.86. The Hall–Kier alpha value is -3.51. The molecule has 12 heteroatoms. The molecule has 0 aliphatic carbocycles. The highest BCUT2D eigenvalue weighted by molar-refractivity contribution is 7.89. The molecule has 0 saturated carbocycles. The first-order chi connectivity index (χ1) is 14.7. The van der Waals surface area contributed by atoms with E-state index < -0.39 is 22.0 Å². The number of rotatable bonds is 7. The van der Waals surface area contributed by atoms with E-state index in [1.807, 2.05) is 0 Å². The van der Waals surface area contributed by atoms with Gasteiger partial charge in [-0.05, 0) is 36.4 Å². The highest BCUT2D eigenvalue weighted by atomic mass is 32.2. The number of sulfonamides is 1. The van der Waals surface area contributed by atoms with Crippen LogP contribution in [0.4, 0.5) is 10.5 Å². The van der Waals surface area contributed by atoms with Gasteiger partial charge < -0.3 is 15.4 Å². The number of benzene rings is 2. The van der Waals surface area contributed by atoms with E-state index in [1.165, 1.54) is 39.4 Å². The molecule has 0 radical (unpaired) electrons. The average Bonchev–Trinajstić information content (AvgIpc) is 3.15. The minimum atomic E-state index is -3.57. The van der Waals surface area contributed by atoms with E-state index in [0.717, 1.165) is 4.31 Å². The Kier molecular flexibility index (Phi) is 6.51. The van der Waals surface area contributed by atoms with Gasteiger partial charge in [0.05, 0.1) is 29.6 Å². The van der Waals surface area contributed by atoms with Crippen molar-refractivity contribution < 1.29 is 22.7 Å². The number of aromatic nitrogens is 3. The molecular formula is C19H22N6O5S. The first-order valence-electron chi connectivity index (χ1n) is 9.21. The van der Waals surface area contributed by atoms with E-state index in [0.29, 0.717) is 28.8 Å². The van der Waals surface area contributed by atoms with Crippen LogP contribution in [0.5, 0.6) is 0 Å². The molecule has 3 aromatic rings. The lowest BCUT2D eigenvalue weighted by Gasteiger charge is -2.11. The SMILES string of the molecule is COC(=O)c1cccc(NC(=O)NCCn2nnc3cc(S(=O)(=O)N(C)C)ccc32)c1. The van der Waals surface area contributed by atoms with Crippen LogP contribution in [0.2, 0.25) is 0 Å². The Labute approximate surface area is 179 Å². The summed E-state index contributed by atoms with van der Waals surface area (Å²) in [6.07, 6.45) is 0.